The van der Waals surface area contributed by atoms with Crippen molar-refractivity contribution in [1.82, 2.24) is 0 Å². The van der Waals surface area contributed by atoms with E-state index in [4.69, 9.17) is 9.84 Å². The van der Waals surface area contributed by atoms with Crippen molar-refractivity contribution in [1.29, 1.82) is 0 Å². The Hall–Kier alpha value is -1.42. The molecule has 1 rings (SSSR count). The number of aliphatic hydroxyl groups excluding tert-OH is 1. The van der Waals surface area contributed by atoms with Crippen LogP contribution in [0.2, 0.25) is 0 Å². The highest BCUT2D eigenvalue weighted by molar-refractivity contribution is 6.23. The summed E-state index contributed by atoms with van der Waals surface area (Å²) in [4.78, 5) is 24.5. The molecule has 0 saturated carbocycles. The predicted octanol–water partition coefficient (Wildman–Crippen LogP) is 3.88. The van der Waals surface area contributed by atoms with Crippen LogP contribution in [0.1, 0.15) is 71.6 Å². The number of hydrogen-bond donors (Lipinski definition) is 1. The lowest BCUT2D eigenvalue weighted by atomic mass is 9.86. The van der Waals surface area contributed by atoms with E-state index in [-0.39, 0.29) is 17.3 Å². The maximum absolute atomic E-state index is 12.3. The highest BCUT2D eigenvalue weighted by Gasteiger charge is 2.30. The molecule has 4 heteroatoms. The van der Waals surface area contributed by atoms with Crippen LogP contribution in [0, 0.1) is 0 Å². The van der Waals surface area contributed by atoms with Crippen molar-refractivity contribution in [3.05, 3.63) is 22.5 Å². The van der Waals surface area contributed by atoms with Gasteiger partial charge >= 0.3 is 0 Å². The van der Waals surface area contributed by atoms with Crippen molar-refractivity contribution in [3.8, 4) is 0 Å². The Morgan fingerprint density at radius 2 is 1.30 bits per heavy atom. The number of unbranched alkanes of at least 4 members (excludes halogenated alkanes) is 7. The zero-order valence-electron chi connectivity index (χ0n) is 14.7. The first-order valence-corrected chi connectivity index (χ1v) is 8.69. The number of ketones is 2. The molecule has 0 aromatic rings. The van der Waals surface area contributed by atoms with Crippen LogP contribution in [-0.4, -0.2) is 30.4 Å². The van der Waals surface area contributed by atoms with Crippen LogP contribution in [-0.2, 0) is 14.3 Å². The Morgan fingerprint density at radius 3 is 1.83 bits per heavy atom. The summed E-state index contributed by atoms with van der Waals surface area (Å²) < 4.78 is 5.06. The lowest BCUT2D eigenvalue weighted by Crippen LogP contribution is -2.22. The average molecular weight is 322 g/mol. The van der Waals surface area contributed by atoms with Gasteiger partial charge in [0.1, 0.15) is 0 Å². The number of carbonyl (C=O) groups excluding carboxylic acids is 2. The van der Waals surface area contributed by atoms with Crippen LogP contribution in [0.5, 0.6) is 0 Å². The number of aliphatic hydroxyl groups is 1. The number of hydrogen-bond acceptors (Lipinski definition) is 4. The lowest BCUT2D eigenvalue weighted by molar-refractivity contribution is -0.118. The molecule has 0 atom stereocenters. The second-order valence-corrected chi connectivity index (χ2v) is 6.22. The number of methoxy groups -OCH3 is 1. The van der Waals surface area contributed by atoms with Crippen LogP contribution in [0.4, 0.5) is 0 Å². The minimum absolute atomic E-state index is 0.0389. The molecule has 0 spiro atoms. The summed E-state index contributed by atoms with van der Waals surface area (Å²) in [6.07, 6.45) is 9.45. The van der Waals surface area contributed by atoms with E-state index in [2.05, 4.69) is 0 Å². The van der Waals surface area contributed by atoms with Gasteiger partial charge in [-0.1, -0.05) is 38.5 Å². The van der Waals surface area contributed by atoms with Gasteiger partial charge in [-0.05, 0) is 33.1 Å². The standard InChI is InChI=1S/C19H30O4/c1-14-16(17(21)15(2)19(23-3)18(14)22)12-10-8-6-4-5-7-9-11-13-20/h20H,4-13H2,1-3H3. The summed E-state index contributed by atoms with van der Waals surface area (Å²) >= 11 is 0. The molecule has 1 aliphatic carbocycles. The van der Waals surface area contributed by atoms with Gasteiger partial charge in [0, 0.05) is 23.3 Å². The number of carbonyl (C=O) groups is 2. The van der Waals surface area contributed by atoms with Crippen molar-refractivity contribution in [2.75, 3.05) is 13.7 Å². The van der Waals surface area contributed by atoms with Crippen LogP contribution in [0.3, 0.4) is 0 Å². The Bertz CT molecular complexity index is 486. The van der Waals surface area contributed by atoms with Gasteiger partial charge in [0.15, 0.2) is 11.5 Å². The summed E-state index contributed by atoms with van der Waals surface area (Å²) in [5, 5.41) is 8.71. The topological polar surface area (TPSA) is 63.6 Å². The average Bonchev–Trinajstić information content (AvgIpc) is 2.55. The number of rotatable bonds is 11. The SMILES string of the molecule is COC1=C(C)C(=O)C(CCCCCCCCCCO)=C(C)C1=O. The highest BCUT2D eigenvalue weighted by Crippen LogP contribution is 2.28. The number of Topliss-reactive ketones (excluding diaryl/α,β-unsaturated/α-hetero) is 2. The van der Waals surface area contributed by atoms with Crippen molar-refractivity contribution in [2.45, 2.75) is 71.6 Å². The third kappa shape index (κ3) is 5.61. The smallest absolute Gasteiger partial charge is 0.224 e. The van der Waals surface area contributed by atoms with Gasteiger partial charge in [0.05, 0.1) is 7.11 Å². The third-order valence-electron chi connectivity index (χ3n) is 4.49. The molecule has 1 aliphatic rings. The van der Waals surface area contributed by atoms with Crippen molar-refractivity contribution < 1.29 is 19.4 Å². The van der Waals surface area contributed by atoms with E-state index in [0.29, 0.717) is 29.7 Å². The third-order valence-corrected chi connectivity index (χ3v) is 4.49. The van der Waals surface area contributed by atoms with E-state index < -0.39 is 0 Å². The van der Waals surface area contributed by atoms with Crippen molar-refractivity contribution in [3.63, 3.8) is 0 Å². The molecule has 0 unspecified atom stereocenters. The normalized spacial score (nSPS) is 15.7. The fraction of sp³-hybridized carbons (Fsp3) is 0.684. The molecule has 0 heterocycles. The second kappa shape index (κ2) is 10.4. The van der Waals surface area contributed by atoms with Crippen molar-refractivity contribution >= 4 is 11.6 Å². The first-order chi connectivity index (χ1) is 11.0. The Balaban J connectivity index is 2.34. The molecule has 0 radical (unpaired) electrons. The molecular formula is C19H30O4. The van der Waals surface area contributed by atoms with Crippen LogP contribution < -0.4 is 0 Å². The van der Waals surface area contributed by atoms with E-state index in [9.17, 15) is 9.59 Å². The van der Waals surface area contributed by atoms with Gasteiger partial charge in [-0.2, -0.15) is 0 Å². The van der Waals surface area contributed by atoms with Gasteiger partial charge < -0.3 is 9.84 Å². The predicted molar refractivity (Wildman–Crippen MR) is 91.1 cm³/mol. The van der Waals surface area contributed by atoms with Crippen LogP contribution in [0.25, 0.3) is 0 Å². The fourth-order valence-electron chi connectivity index (χ4n) is 3.00. The van der Waals surface area contributed by atoms with Crippen molar-refractivity contribution in [2.24, 2.45) is 0 Å². The van der Waals surface area contributed by atoms with Gasteiger partial charge in [-0.15, -0.1) is 0 Å². The Labute approximate surface area is 139 Å². The van der Waals surface area contributed by atoms with Gasteiger partial charge in [-0.3, -0.25) is 9.59 Å². The van der Waals surface area contributed by atoms with E-state index in [1.807, 2.05) is 0 Å². The lowest BCUT2D eigenvalue weighted by Gasteiger charge is -2.19. The summed E-state index contributed by atoms with van der Waals surface area (Å²) in [5.41, 5.74) is 1.64. The maximum atomic E-state index is 12.3. The highest BCUT2D eigenvalue weighted by atomic mass is 16.5. The molecule has 0 bridgehead atoms. The zero-order chi connectivity index (χ0) is 17.2. The van der Waals surface area contributed by atoms with E-state index in [0.717, 1.165) is 32.1 Å². The molecule has 0 fully saturated rings. The number of allylic oxidation sites excluding steroid dienone is 3. The fourth-order valence-corrected chi connectivity index (χ4v) is 3.00. The second-order valence-electron chi connectivity index (χ2n) is 6.22. The Kier molecular flexibility index (Phi) is 8.85. The monoisotopic (exact) mass is 322 g/mol. The summed E-state index contributed by atoms with van der Waals surface area (Å²) in [7, 11) is 1.43. The summed E-state index contributed by atoms with van der Waals surface area (Å²) in [6, 6.07) is 0. The molecule has 4 nitrogen and oxygen atoms in total. The number of ether oxygens (including phenoxy) is 1. The minimum Gasteiger partial charge on any atom is -0.492 e. The van der Waals surface area contributed by atoms with Crippen LogP contribution >= 0.6 is 0 Å². The molecule has 0 saturated heterocycles. The Morgan fingerprint density at radius 1 is 0.783 bits per heavy atom. The van der Waals surface area contributed by atoms with E-state index in [1.165, 1.54) is 26.4 Å². The van der Waals surface area contributed by atoms with Gasteiger partial charge in [0.25, 0.3) is 0 Å². The molecule has 0 aromatic carbocycles. The molecule has 1 N–H and O–H groups in total. The quantitative estimate of drug-likeness (QED) is 0.463. The van der Waals surface area contributed by atoms with E-state index >= 15 is 0 Å². The summed E-state index contributed by atoms with van der Waals surface area (Å²) in [5.74, 6) is 0.00515. The molecular weight excluding hydrogens is 292 g/mol. The first kappa shape index (κ1) is 19.6. The zero-order valence-corrected chi connectivity index (χ0v) is 14.7. The first-order valence-electron chi connectivity index (χ1n) is 8.69. The summed E-state index contributed by atoms with van der Waals surface area (Å²) in [6.45, 7) is 3.68. The van der Waals surface area contributed by atoms with Gasteiger partial charge in [-0.25, -0.2) is 0 Å². The molecule has 23 heavy (non-hydrogen) atoms. The molecule has 130 valence electrons. The largest absolute Gasteiger partial charge is 0.492 e. The van der Waals surface area contributed by atoms with E-state index in [1.54, 1.807) is 13.8 Å². The molecule has 0 aliphatic heterocycles. The molecule has 0 aromatic heterocycles. The molecule has 0 amide bonds. The van der Waals surface area contributed by atoms with Gasteiger partial charge in [0.2, 0.25) is 5.78 Å². The van der Waals surface area contributed by atoms with Crippen LogP contribution in [0.15, 0.2) is 22.5 Å². The minimum atomic E-state index is -0.150. The maximum Gasteiger partial charge on any atom is 0.224 e.